The van der Waals surface area contributed by atoms with Crippen molar-refractivity contribution in [3.05, 3.63) is 83.9 Å². The van der Waals surface area contributed by atoms with Crippen LogP contribution in [-0.2, 0) is 13.5 Å². The second-order valence-corrected chi connectivity index (χ2v) is 8.47. The van der Waals surface area contributed by atoms with Gasteiger partial charge in [0.1, 0.15) is 5.82 Å². The van der Waals surface area contributed by atoms with Gasteiger partial charge in [-0.3, -0.25) is 4.98 Å². The molecule has 0 amide bonds. The topological polar surface area (TPSA) is 24.3 Å². The van der Waals surface area contributed by atoms with E-state index in [9.17, 15) is 4.39 Å². The predicted molar refractivity (Wildman–Crippen MR) is 125 cm³/mol. The lowest BCUT2D eigenvalue weighted by Crippen LogP contribution is -2.44. The smallest absolute Gasteiger partial charge is 0.123 e. The van der Waals surface area contributed by atoms with Crippen molar-refractivity contribution in [2.45, 2.75) is 6.42 Å². The average Bonchev–Trinajstić information content (AvgIpc) is 3.11. The molecule has 0 saturated carbocycles. The van der Waals surface area contributed by atoms with Crippen molar-refractivity contribution < 1.29 is 4.39 Å². The summed E-state index contributed by atoms with van der Waals surface area (Å²) < 4.78 is 15.8. The molecule has 0 atom stereocenters. The summed E-state index contributed by atoms with van der Waals surface area (Å²) in [5.74, 6) is -0.221. The number of piperazine rings is 1. The molecule has 5 heteroatoms. The number of rotatable bonds is 4. The lowest BCUT2D eigenvalue weighted by Gasteiger charge is -2.34. The highest BCUT2D eigenvalue weighted by Gasteiger charge is 2.14. The van der Waals surface area contributed by atoms with Crippen LogP contribution >= 0.6 is 0 Å². The zero-order valence-electron chi connectivity index (χ0n) is 18.1. The SMILES string of the molecule is CN1CCN(c2ccc(Cc3cc4c(cn3)cc(-c3cccc(F)c3)n4C)cc2)CC1. The van der Waals surface area contributed by atoms with Gasteiger partial charge < -0.3 is 14.4 Å². The Morgan fingerprint density at radius 2 is 1.68 bits per heavy atom. The number of benzene rings is 2. The zero-order chi connectivity index (χ0) is 21.4. The normalized spacial score (nSPS) is 15.0. The Balaban J connectivity index is 1.36. The molecular formula is C26H27FN4. The average molecular weight is 415 g/mol. The number of hydrogen-bond donors (Lipinski definition) is 0. The van der Waals surface area contributed by atoms with Crippen LogP contribution in [-0.4, -0.2) is 47.7 Å². The molecule has 3 heterocycles. The molecule has 4 nitrogen and oxygen atoms in total. The molecule has 2 aromatic heterocycles. The fourth-order valence-electron chi connectivity index (χ4n) is 4.39. The van der Waals surface area contributed by atoms with E-state index in [2.05, 4.69) is 62.8 Å². The molecule has 1 saturated heterocycles. The molecule has 0 bridgehead atoms. The van der Waals surface area contributed by atoms with Gasteiger partial charge in [0, 0.05) is 73.9 Å². The van der Waals surface area contributed by atoms with Crippen molar-refractivity contribution in [3.63, 3.8) is 0 Å². The fraction of sp³-hybridized carbons (Fsp3) is 0.269. The van der Waals surface area contributed by atoms with E-state index in [0.717, 1.165) is 60.5 Å². The van der Waals surface area contributed by atoms with Crippen molar-refractivity contribution in [1.82, 2.24) is 14.5 Å². The number of halogens is 1. The van der Waals surface area contributed by atoms with Crippen LogP contribution in [0, 0.1) is 5.82 Å². The minimum Gasteiger partial charge on any atom is -0.369 e. The van der Waals surface area contributed by atoms with Crippen molar-refractivity contribution >= 4 is 16.6 Å². The van der Waals surface area contributed by atoms with Crippen LogP contribution in [0.25, 0.3) is 22.2 Å². The van der Waals surface area contributed by atoms with Gasteiger partial charge in [0.05, 0.1) is 5.52 Å². The van der Waals surface area contributed by atoms with Gasteiger partial charge in [0.15, 0.2) is 0 Å². The summed E-state index contributed by atoms with van der Waals surface area (Å²) in [7, 11) is 4.20. The molecule has 0 N–H and O–H groups in total. The Labute approximate surface area is 182 Å². The van der Waals surface area contributed by atoms with Gasteiger partial charge in [-0.2, -0.15) is 0 Å². The Morgan fingerprint density at radius 1 is 0.903 bits per heavy atom. The maximum atomic E-state index is 13.7. The van der Waals surface area contributed by atoms with Crippen molar-refractivity contribution in [1.29, 1.82) is 0 Å². The van der Waals surface area contributed by atoms with E-state index in [0.29, 0.717) is 0 Å². The van der Waals surface area contributed by atoms with E-state index < -0.39 is 0 Å². The minimum atomic E-state index is -0.221. The second-order valence-electron chi connectivity index (χ2n) is 8.47. The van der Waals surface area contributed by atoms with Crippen LogP contribution in [0.1, 0.15) is 11.3 Å². The minimum absolute atomic E-state index is 0.221. The number of aryl methyl sites for hydroxylation is 1. The van der Waals surface area contributed by atoms with Gasteiger partial charge in [-0.25, -0.2) is 4.39 Å². The van der Waals surface area contributed by atoms with Gasteiger partial charge in [0.25, 0.3) is 0 Å². The first-order chi connectivity index (χ1) is 15.1. The van der Waals surface area contributed by atoms with Crippen LogP contribution in [0.4, 0.5) is 10.1 Å². The Bertz CT molecular complexity index is 1200. The summed E-state index contributed by atoms with van der Waals surface area (Å²) in [4.78, 5) is 9.51. The number of hydrogen-bond acceptors (Lipinski definition) is 3. The van der Waals surface area contributed by atoms with E-state index in [-0.39, 0.29) is 5.82 Å². The Hall–Kier alpha value is -3.18. The molecule has 0 unspecified atom stereocenters. The van der Waals surface area contributed by atoms with Crippen LogP contribution in [0.5, 0.6) is 0 Å². The lowest BCUT2D eigenvalue weighted by molar-refractivity contribution is 0.313. The lowest BCUT2D eigenvalue weighted by atomic mass is 10.1. The predicted octanol–water partition coefficient (Wildman–Crippen LogP) is 4.72. The van der Waals surface area contributed by atoms with Gasteiger partial charge in [0.2, 0.25) is 0 Å². The van der Waals surface area contributed by atoms with E-state index in [1.165, 1.54) is 17.3 Å². The van der Waals surface area contributed by atoms with Crippen molar-refractivity contribution in [3.8, 4) is 11.3 Å². The van der Waals surface area contributed by atoms with Crippen LogP contribution < -0.4 is 4.90 Å². The highest BCUT2D eigenvalue weighted by atomic mass is 19.1. The maximum Gasteiger partial charge on any atom is 0.123 e. The van der Waals surface area contributed by atoms with Gasteiger partial charge >= 0.3 is 0 Å². The van der Waals surface area contributed by atoms with E-state index in [1.54, 1.807) is 12.1 Å². The number of pyridine rings is 1. The molecular weight excluding hydrogens is 387 g/mol. The highest BCUT2D eigenvalue weighted by Crippen LogP contribution is 2.28. The van der Waals surface area contributed by atoms with Gasteiger partial charge in [-0.15, -0.1) is 0 Å². The summed E-state index contributed by atoms with van der Waals surface area (Å²) in [5, 5.41) is 1.07. The quantitative estimate of drug-likeness (QED) is 0.483. The zero-order valence-corrected chi connectivity index (χ0v) is 18.1. The second kappa shape index (κ2) is 8.16. The van der Waals surface area contributed by atoms with Gasteiger partial charge in [-0.05, 0) is 49.0 Å². The molecule has 31 heavy (non-hydrogen) atoms. The van der Waals surface area contributed by atoms with E-state index >= 15 is 0 Å². The summed E-state index contributed by atoms with van der Waals surface area (Å²) in [6.45, 7) is 4.38. The van der Waals surface area contributed by atoms with Crippen LogP contribution in [0.2, 0.25) is 0 Å². The molecule has 0 spiro atoms. The molecule has 5 rings (SSSR count). The summed E-state index contributed by atoms with van der Waals surface area (Å²) in [6, 6.07) is 19.8. The largest absolute Gasteiger partial charge is 0.369 e. The van der Waals surface area contributed by atoms with Crippen LogP contribution in [0.3, 0.4) is 0 Å². The van der Waals surface area contributed by atoms with E-state index in [1.807, 2.05) is 19.3 Å². The van der Waals surface area contributed by atoms with Gasteiger partial charge in [-0.1, -0.05) is 24.3 Å². The molecule has 2 aromatic carbocycles. The van der Waals surface area contributed by atoms with Crippen molar-refractivity contribution in [2.75, 3.05) is 38.1 Å². The molecule has 158 valence electrons. The Kier molecular flexibility index (Phi) is 5.20. The fourth-order valence-corrected chi connectivity index (χ4v) is 4.39. The third-order valence-electron chi connectivity index (χ3n) is 6.29. The monoisotopic (exact) mass is 414 g/mol. The third-order valence-corrected chi connectivity index (χ3v) is 6.29. The summed E-state index contributed by atoms with van der Waals surface area (Å²) in [5.41, 5.74) is 6.56. The number of fused-ring (bicyclic) bond motifs is 1. The first-order valence-electron chi connectivity index (χ1n) is 10.8. The number of anilines is 1. The maximum absolute atomic E-state index is 13.7. The number of likely N-dealkylation sites (N-methyl/N-ethyl adjacent to an activating group) is 1. The highest BCUT2D eigenvalue weighted by molar-refractivity contribution is 5.86. The first kappa shape index (κ1) is 19.8. The number of aromatic nitrogens is 2. The number of nitrogens with zero attached hydrogens (tertiary/aromatic N) is 4. The third kappa shape index (κ3) is 4.06. The first-order valence-corrected chi connectivity index (χ1v) is 10.8. The molecule has 1 aliphatic rings. The Morgan fingerprint density at radius 3 is 2.42 bits per heavy atom. The molecule has 1 aliphatic heterocycles. The molecule has 4 aromatic rings. The van der Waals surface area contributed by atoms with Crippen LogP contribution in [0.15, 0.2) is 66.9 Å². The summed E-state index contributed by atoms with van der Waals surface area (Å²) >= 11 is 0. The molecule has 1 fully saturated rings. The standard InChI is InChI=1S/C26H27FN4/c1-29-10-12-31(13-11-29)24-8-6-19(7-9-24)14-23-17-26-21(18-28-23)16-25(30(26)2)20-4-3-5-22(27)15-20/h3-9,15-18H,10-14H2,1-2H3. The summed E-state index contributed by atoms with van der Waals surface area (Å²) in [6.07, 6.45) is 2.71. The molecule has 0 aliphatic carbocycles. The van der Waals surface area contributed by atoms with Crippen molar-refractivity contribution in [2.24, 2.45) is 7.05 Å². The van der Waals surface area contributed by atoms with E-state index in [4.69, 9.17) is 0 Å². The molecule has 0 radical (unpaired) electrons.